The highest BCUT2D eigenvalue weighted by Crippen LogP contribution is 2.23. The SMILES string of the molecule is CC(C)CCOc1ccc(CN2CC(C(=O)NC[C@@H](C)O)C2)c(F)c1. The van der Waals surface area contributed by atoms with Crippen LogP contribution in [0.1, 0.15) is 32.8 Å². The standard InChI is InChI=1S/C19H29FN2O3/c1-13(2)6-7-25-17-5-4-15(18(20)8-17)10-22-11-16(12-22)19(24)21-9-14(3)23/h4-5,8,13-14,16,23H,6-7,9-12H2,1-3H3,(H,21,24)/t14-/m1/s1. The lowest BCUT2D eigenvalue weighted by Gasteiger charge is -2.38. The van der Waals surface area contributed by atoms with Crippen LogP contribution in [0.2, 0.25) is 0 Å². The Morgan fingerprint density at radius 3 is 2.72 bits per heavy atom. The summed E-state index contributed by atoms with van der Waals surface area (Å²) < 4.78 is 19.8. The van der Waals surface area contributed by atoms with Gasteiger partial charge in [-0.1, -0.05) is 19.9 Å². The maximum atomic E-state index is 14.2. The lowest BCUT2D eigenvalue weighted by molar-refractivity contribution is -0.130. The van der Waals surface area contributed by atoms with Crippen molar-refractivity contribution in [3.8, 4) is 5.75 Å². The molecule has 2 N–H and O–H groups in total. The molecule has 0 saturated carbocycles. The lowest BCUT2D eigenvalue weighted by atomic mass is 9.98. The van der Waals surface area contributed by atoms with Crippen molar-refractivity contribution in [2.45, 2.75) is 39.8 Å². The first kappa shape index (κ1) is 19.7. The number of halogens is 1. The maximum absolute atomic E-state index is 14.2. The number of ether oxygens (including phenoxy) is 1. The minimum atomic E-state index is -0.546. The molecule has 140 valence electrons. The van der Waals surface area contributed by atoms with E-state index in [1.807, 2.05) is 4.90 Å². The topological polar surface area (TPSA) is 61.8 Å². The van der Waals surface area contributed by atoms with E-state index in [1.54, 1.807) is 19.1 Å². The van der Waals surface area contributed by atoms with E-state index in [2.05, 4.69) is 19.2 Å². The van der Waals surface area contributed by atoms with Crippen LogP contribution in [0.25, 0.3) is 0 Å². The second-order valence-corrected chi connectivity index (χ2v) is 7.27. The van der Waals surface area contributed by atoms with E-state index >= 15 is 0 Å². The quantitative estimate of drug-likeness (QED) is 0.715. The predicted molar refractivity (Wildman–Crippen MR) is 94.8 cm³/mol. The van der Waals surface area contributed by atoms with E-state index in [9.17, 15) is 14.3 Å². The van der Waals surface area contributed by atoms with Crippen LogP contribution >= 0.6 is 0 Å². The molecule has 0 radical (unpaired) electrons. The number of rotatable bonds is 9. The molecular formula is C19H29FN2O3. The van der Waals surface area contributed by atoms with Crippen LogP contribution in [0.4, 0.5) is 4.39 Å². The molecule has 25 heavy (non-hydrogen) atoms. The minimum Gasteiger partial charge on any atom is -0.493 e. The smallest absolute Gasteiger partial charge is 0.225 e. The zero-order valence-corrected chi connectivity index (χ0v) is 15.3. The van der Waals surface area contributed by atoms with Crippen LogP contribution < -0.4 is 10.1 Å². The normalized spacial score (nSPS) is 16.6. The van der Waals surface area contributed by atoms with E-state index in [0.717, 1.165) is 6.42 Å². The third-order valence-corrected chi connectivity index (χ3v) is 4.28. The molecule has 1 aromatic carbocycles. The maximum Gasteiger partial charge on any atom is 0.225 e. The largest absolute Gasteiger partial charge is 0.493 e. The number of aliphatic hydroxyl groups is 1. The van der Waals surface area contributed by atoms with Gasteiger partial charge in [-0.15, -0.1) is 0 Å². The first-order valence-electron chi connectivity index (χ1n) is 8.94. The molecule has 0 bridgehead atoms. The van der Waals surface area contributed by atoms with Crippen molar-refractivity contribution >= 4 is 5.91 Å². The fourth-order valence-electron chi connectivity index (χ4n) is 2.66. The molecule has 1 heterocycles. The van der Waals surface area contributed by atoms with Gasteiger partial charge in [0.1, 0.15) is 11.6 Å². The summed E-state index contributed by atoms with van der Waals surface area (Å²) in [6, 6.07) is 4.98. The molecule has 0 aliphatic carbocycles. The Kier molecular flexibility index (Phi) is 7.20. The van der Waals surface area contributed by atoms with Gasteiger partial charge in [0.25, 0.3) is 0 Å². The van der Waals surface area contributed by atoms with Gasteiger partial charge in [-0.3, -0.25) is 9.69 Å². The van der Waals surface area contributed by atoms with Crippen LogP contribution in [0.15, 0.2) is 18.2 Å². The van der Waals surface area contributed by atoms with Crippen molar-refractivity contribution in [1.29, 1.82) is 0 Å². The highest BCUT2D eigenvalue weighted by Gasteiger charge is 2.32. The molecule has 1 fully saturated rings. The van der Waals surface area contributed by atoms with Crippen LogP contribution in [0, 0.1) is 17.7 Å². The number of nitrogens with zero attached hydrogens (tertiary/aromatic N) is 1. The fraction of sp³-hybridized carbons (Fsp3) is 0.632. The average Bonchev–Trinajstić information content (AvgIpc) is 2.49. The number of benzene rings is 1. The van der Waals surface area contributed by atoms with Gasteiger partial charge in [0, 0.05) is 37.8 Å². The van der Waals surface area contributed by atoms with Gasteiger partial charge in [-0.05, 0) is 25.3 Å². The predicted octanol–water partition coefficient (Wildman–Crippen LogP) is 2.18. The van der Waals surface area contributed by atoms with Gasteiger partial charge in [0.15, 0.2) is 0 Å². The van der Waals surface area contributed by atoms with Gasteiger partial charge in [-0.25, -0.2) is 4.39 Å². The van der Waals surface area contributed by atoms with E-state index in [4.69, 9.17) is 4.74 Å². The van der Waals surface area contributed by atoms with Gasteiger partial charge < -0.3 is 15.2 Å². The van der Waals surface area contributed by atoms with Crippen molar-refractivity contribution < 1.29 is 19.0 Å². The van der Waals surface area contributed by atoms with Crippen LogP contribution in [-0.4, -0.2) is 48.3 Å². The second kappa shape index (κ2) is 9.15. The second-order valence-electron chi connectivity index (χ2n) is 7.27. The summed E-state index contributed by atoms with van der Waals surface area (Å²) in [5.41, 5.74) is 0.610. The number of hydrogen-bond acceptors (Lipinski definition) is 4. The van der Waals surface area contributed by atoms with Crippen LogP contribution in [-0.2, 0) is 11.3 Å². The van der Waals surface area contributed by atoms with Crippen LogP contribution in [0.5, 0.6) is 5.75 Å². The minimum absolute atomic E-state index is 0.0495. The number of carbonyl (C=O) groups excluding carboxylic acids is 1. The lowest BCUT2D eigenvalue weighted by Crippen LogP contribution is -2.53. The molecule has 1 aromatic rings. The molecule has 1 aliphatic rings. The van der Waals surface area contributed by atoms with Crippen molar-refractivity contribution in [1.82, 2.24) is 10.2 Å². The Hall–Kier alpha value is -1.66. The summed E-state index contributed by atoms with van der Waals surface area (Å²) in [6.07, 6.45) is 0.394. The first-order valence-corrected chi connectivity index (χ1v) is 8.94. The number of amides is 1. The van der Waals surface area contributed by atoms with Gasteiger partial charge >= 0.3 is 0 Å². The third kappa shape index (κ3) is 6.29. The Balaban J connectivity index is 1.75. The molecule has 0 spiro atoms. The molecule has 1 atom stereocenters. The third-order valence-electron chi connectivity index (χ3n) is 4.28. The fourth-order valence-corrected chi connectivity index (χ4v) is 2.66. The van der Waals surface area contributed by atoms with E-state index in [0.29, 0.717) is 43.5 Å². The summed E-state index contributed by atoms with van der Waals surface area (Å²) in [4.78, 5) is 13.9. The molecular weight excluding hydrogens is 323 g/mol. The summed E-state index contributed by atoms with van der Waals surface area (Å²) in [6.45, 7) is 8.43. The van der Waals surface area contributed by atoms with Crippen molar-refractivity contribution in [2.24, 2.45) is 11.8 Å². The zero-order valence-electron chi connectivity index (χ0n) is 15.3. The number of hydrogen-bond donors (Lipinski definition) is 2. The molecule has 0 unspecified atom stereocenters. The Morgan fingerprint density at radius 1 is 1.40 bits per heavy atom. The van der Waals surface area contributed by atoms with Crippen molar-refractivity contribution in [3.05, 3.63) is 29.6 Å². The highest BCUT2D eigenvalue weighted by atomic mass is 19.1. The molecule has 5 nitrogen and oxygen atoms in total. The van der Waals surface area contributed by atoms with Crippen molar-refractivity contribution in [3.63, 3.8) is 0 Å². The van der Waals surface area contributed by atoms with E-state index in [-0.39, 0.29) is 24.2 Å². The summed E-state index contributed by atoms with van der Waals surface area (Å²) in [5.74, 6) is 0.707. The van der Waals surface area contributed by atoms with Crippen molar-refractivity contribution in [2.75, 3.05) is 26.2 Å². The molecule has 6 heteroatoms. The zero-order chi connectivity index (χ0) is 18.4. The number of carbonyl (C=O) groups is 1. The number of nitrogens with one attached hydrogen (secondary N) is 1. The Labute approximate surface area is 149 Å². The molecule has 1 saturated heterocycles. The highest BCUT2D eigenvalue weighted by molar-refractivity contribution is 5.80. The monoisotopic (exact) mass is 352 g/mol. The van der Waals surface area contributed by atoms with Gasteiger partial charge in [0.2, 0.25) is 5.91 Å². The molecule has 1 amide bonds. The Bertz CT molecular complexity index is 572. The summed E-state index contributed by atoms with van der Waals surface area (Å²) in [7, 11) is 0. The van der Waals surface area contributed by atoms with Gasteiger partial charge in [-0.2, -0.15) is 0 Å². The first-order chi connectivity index (χ1) is 11.8. The van der Waals surface area contributed by atoms with E-state index < -0.39 is 6.10 Å². The molecule has 2 rings (SSSR count). The van der Waals surface area contributed by atoms with Gasteiger partial charge in [0.05, 0.1) is 18.6 Å². The van der Waals surface area contributed by atoms with E-state index in [1.165, 1.54) is 6.07 Å². The molecule has 1 aliphatic heterocycles. The summed E-state index contributed by atoms with van der Waals surface area (Å²) in [5, 5.41) is 11.9. The Morgan fingerprint density at radius 2 is 2.12 bits per heavy atom. The summed E-state index contributed by atoms with van der Waals surface area (Å²) >= 11 is 0. The average molecular weight is 352 g/mol. The number of likely N-dealkylation sites (tertiary alicyclic amines) is 1. The number of aliphatic hydroxyl groups excluding tert-OH is 1. The molecule has 0 aromatic heterocycles. The van der Waals surface area contributed by atoms with Crippen LogP contribution in [0.3, 0.4) is 0 Å².